The maximum Gasteiger partial charge on any atom is 0.261 e. The van der Waals surface area contributed by atoms with Crippen LogP contribution in [0.15, 0.2) is 76.9 Å². The third kappa shape index (κ3) is 4.91. The molecule has 0 radical (unpaired) electrons. The monoisotopic (exact) mass is 629 g/mol. The molecule has 226 valence electrons. The first-order valence-corrected chi connectivity index (χ1v) is 14.0. The highest BCUT2D eigenvalue weighted by Gasteiger charge is 2.62. The molecule has 0 bridgehead atoms. The van der Waals surface area contributed by atoms with Crippen LogP contribution in [0.1, 0.15) is 19.4 Å². The summed E-state index contributed by atoms with van der Waals surface area (Å²) in [5.74, 6) is -1.49. The first kappa shape index (κ1) is 30.4. The molecule has 13 heteroatoms. The summed E-state index contributed by atoms with van der Waals surface area (Å²) in [5.41, 5.74) is -0.710. The third-order valence-corrected chi connectivity index (χ3v) is 7.76. The standard InChI is InChI=1S/C30H30Cl2FN5O5/c1-15(2)13-37(24-25(41-4)35-29(43-6)36-26(24)42-5)14-19-16(3)30(20-9-7-17(31)11-22(20)34-28(30)40)38(27(19)39)23-12-18(32)8-10-21(23)33/h7-12,14-15,29,35H,3,13H2,1-2,4-6H3,(H,34,40)/b19-14+/t29?,30-/m1/s1. The lowest BCUT2D eigenvalue weighted by Gasteiger charge is -2.33. The zero-order chi connectivity index (χ0) is 31.2. The molecule has 3 aliphatic rings. The van der Waals surface area contributed by atoms with E-state index >= 15 is 4.39 Å². The van der Waals surface area contributed by atoms with E-state index in [4.69, 9.17) is 37.4 Å². The fourth-order valence-corrected chi connectivity index (χ4v) is 5.85. The Morgan fingerprint density at radius 2 is 1.84 bits per heavy atom. The van der Waals surface area contributed by atoms with E-state index in [0.717, 1.165) is 11.0 Å². The summed E-state index contributed by atoms with van der Waals surface area (Å²) >= 11 is 12.5. The number of halogens is 3. The summed E-state index contributed by atoms with van der Waals surface area (Å²) < 4.78 is 32.1. The third-order valence-electron chi connectivity index (χ3n) is 7.29. The van der Waals surface area contributed by atoms with Gasteiger partial charge in [-0.05, 0) is 41.8 Å². The van der Waals surface area contributed by atoms with Gasteiger partial charge in [0.2, 0.25) is 18.1 Å². The summed E-state index contributed by atoms with van der Waals surface area (Å²) in [4.78, 5) is 35.7. The minimum atomic E-state index is -1.83. The summed E-state index contributed by atoms with van der Waals surface area (Å²) in [6.45, 7) is 8.59. The van der Waals surface area contributed by atoms with Gasteiger partial charge in [-0.1, -0.05) is 49.7 Å². The Bertz CT molecular complexity index is 1620. The zero-order valence-electron chi connectivity index (χ0n) is 24.1. The highest BCUT2D eigenvalue weighted by Crippen LogP contribution is 2.54. The van der Waals surface area contributed by atoms with Gasteiger partial charge in [-0.3, -0.25) is 14.5 Å². The molecule has 0 saturated carbocycles. The van der Waals surface area contributed by atoms with Gasteiger partial charge in [-0.2, -0.15) is 4.99 Å². The minimum absolute atomic E-state index is 0.0465. The lowest BCUT2D eigenvalue weighted by atomic mass is 9.83. The van der Waals surface area contributed by atoms with Gasteiger partial charge in [-0.25, -0.2) is 4.39 Å². The Morgan fingerprint density at radius 1 is 1.14 bits per heavy atom. The van der Waals surface area contributed by atoms with Crippen molar-refractivity contribution in [3.05, 3.63) is 93.3 Å². The molecule has 1 unspecified atom stereocenters. The molecule has 2 amide bonds. The van der Waals surface area contributed by atoms with E-state index in [1.165, 1.54) is 33.5 Å². The molecule has 2 atom stereocenters. The SMILES string of the molecule is C=C1/C(=C\N(CC(C)C)C2=C(OC)NC(OC)N=C2OC)C(=O)N(c2cc(Cl)ccc2F)[C@]12C(=O)Nc1cc(Cl)ccc12. The second-order valence-corrected chi connectivity index (χ2v) is 11.3. The molecule has 3 aliphatic heterocycles. The zero-order valence-corrected chi connectivity index (χ0v) is 25.6. The topological polar surface area (TPSA) is 105 Å². The van der Waals surface area contributed by atoms with E-state index in [1.54, 1.807) is 29.3 Å². The fourth-order valence-electron chi connectivity index (χ4n) is 5.51. The number of hydrogen-bond acceptors (Lipinski definition) is 8. The first-order valence-electron chi connectivity index (χ1n) is 13.3. The van der Waals surface area contributed by atoms with E-state index < -0.39 is 29.5 Å². The molecule has 43 heavy (non-hydrogen) atoms. The number of methoxy groups -OCH3 is 3. The lowest BCUT2D eigenvalue weighted by molar-refractivity contribution is -0.122. The first-order chi connectivity index (χ1) is 20.5. The molecule has 1 spiro atoms. The lowest BCUT2D eigenvalue weighted by Crippen LogP contribution is -2.49. The summed E-state index contributed by atoms with van der Waals surface area (Å²) in [7, 11) is 4.40. The van der Waals surface area contributed by atoms with Gasteiger partial charge in [0.15, 0.2) is 11.2 Å². The van der Waals surface area contributed by atoms with Gasteiger partial charge in [-0.15, -0.1) is 0 Å². The van der Waals surface area contributed by atoms with Gasteiger partial charge >= 0.3 is 0 Å². The van der Waals surface area contributed by atoms with Crippen molar-refractivity contribution in [3.8, 4) is 0 Å². The second kappa shape index (κ2) is 11.6. The number of amides is 2. The summed E-state index contributed by atoms with van der Waals surface area (Å²) in [5, 5.41) is 6.38. The molecule has 1 fully saturated rings. The molecule has 3 heterocycles. The Labute approximate surface area is 258 Å². The highest BCUT2D eigenvalue weighted by atomic mass is 35.5. The van der Waals surface area contributed by atoms with Crippen LogP contribution >= 0.6 is 23.2 Å². The average molecular weight is 631 g/mol. The number of ether oxygens (including phenoxy) is 3. The van der Waals surface area contributed by atoms with Crippen LogP contribution in [0.3, 0.4) is 0 Å². The normalized spacial score (nSPS) is 22.3. The number of fused-ring (bicyclic) bond motifs is 2. The average Bonchev–Trinajstić information content (AvgIpc) is 3.37. The van der Waals surface area contributed by atoms with Crippen LogP contribution in [0.2, 0.25) is 10.0 Å². The predicted octanol–water partition coefficient (Wildman–Crippen LogP) is 5.12. The maximum absolute atomic E-state index is 15.5. The van der Waals surface area contributed by atoms with Crippen LogP contribution in [-0.4, -0.2) is 56.8 Å². The summed E-state index contributed by atoms with van der Waals surface area (Å²) in [6, 6.07) is 8.58. The van der Waals surface area contributed by atoms with E-state index in [2.05, 4.69) is 22.2 Å². The molecule has 2 aromatic rings. The van der Waals surface area contributed by atoms with Crippen molar-refractivity contribution in [2.24, 2.45) is 10.9 Å². The number of carbonyl (C=O) groups is 2. The molecule has 10 nitrogen and oxygen atoms in total. The Kier molecular flexibility index (Phi) is 8.17. The van der Waals surface area contributed by atoms with E-state index in [0.29, 0.717) is 28.5 Å². The number of nitrogens with zero attached hydrogens (tertiary/aromatic N) is 3. The van der Waals surface area contributed by atoms with Gasteiger partial charge < -0.3 is 29.7 Å². The van der Waals surface area contributed by atoms with Gasteiger partial charge in [0.05, 0.1) is 25.5 Å². The highest BCUT2D eigenvalue weighted by molar-refractivity contribution is 6.32. The van der Waals surface area contributed by atoms with E-state index in [-0.39, 0.29) is 39.6 Å². The fraction of sp³-hybridized carbons (Fsp3) is 0.300. The van der Waals surface area contributed by atoms with Crippen molar-refractivity contribution in [3.63, 3.8) is 0 Å². The number of aliphatic imine (C=N–C) groups is 1. The van der Waals surface area contributed by atoms with Crippen LogP contribution in [0.25, 0.3) is 0 Å². The number of hydrogen-bond donors (Lipinski definition) is 2. The van der Waals surface area contributed by atoms with Crippen molar-refractivity contribution < 1.29 is 28.2 Å². The molecular formula is C30H30Cl2FN5O5. The smallest absolute Gasteiger partial charge is 0.261 e. The largest absolute Gasteiger partial charge is 0.481 e. The van der Waals surface area contributed by atoms with Gasteiger partial charge in [0, 0.05) is 41.2 Å². The Morgan fingerprint density at radius 3 is 2.49 bits per heavy atom. The van der Waals surface area contributed by atoms with Crippen LogP contribution in [0.4, 0.5) is 15.8 Å². The Balaban J connectivity index is 1.76. The summed E-state index contributed by atoms with van der Waals surface area (Å²) in [6.07, 6.45) is 0.772. The maximum atomic E-state index is 15.5. The van der Waals surface area contributed by atoms with Crippen LogP contribution in [-0.2, 0) is 29.3 Å². The number of carbonyl (C=O) groups excluding carboxylic acids is 2. The molecule has 2 aromatic carbocycles. The van der Waals surface area contributed by atoms with Crippen LogP contribution < -0.4 is 15.5 Å². The van der Waals surface area contributed by atoms with E-state index in [1.807, 2.05) is 13.8 Å². The second-order valence-electron chi connectivity index (χ2n) is 10.4. The molecule has 2 N–H and O–H groups in total. The molecular weight excluding hydrogens is 600 g/mol. The van der Waals surface area contributed by atoms with Gasteiger partial charge in [0.25, 0.3) is 11.8 Å². The van der Waals surface area contributed by atoms with Crippen molar-refractivity contribution in [2.45, 2.75) is 25.7 Å². The van der Waals surface area contributed by atoms with Crippen LogP contribution in [0, 0.1) is 11.7 Å². The number of nitrogens with one attached hydrogen (secondary N) is 2. The van der Waals surface area contributed by atoms with Crippen LogP contribution in [0.5, 0.6) is 0 Å². The molecule has 0 aromatic heterocycles. The van der Waals surface area contributed by atoms with Crippen molar-refractivity contribution in [1.82, 2.24) is 10.2 Å². The molecule has 1 saturated heterocycles. The number of benzene rings is 2. The molecule has 5 rings (SSSR count). The van der Waals surface area contributed by atoms with Gasteiger partial charge in [0.1, 0.15) is 5.82 Å². The van der Waals surface area contributed by atoms with Crippen molar-refractivity contribution >= 4 is 52.3 Å². The number of rotatable bonds is 7. The Hall–Kier alpha value is -4.06. The minimum Gasteiger partial charge on any atom is -0.481 e. The number of anilines is 2. The van der Waals surface area contributed by atoms with Crippen molar-refractivity contribution in [2.75, 3.05) is 38.1 Å². The van der Waals surface area contributed by atoms with Crippen molar-refractivity contribution in [1.29, 1.82) is 0 Å². The molecule has 0 aliphatic carbocycles. The quantitative estimate of drug-likeness (QED) is 0.410. The predicted molar refractivity (Wildman–Crippen MR) is 162 cm³/mol. The van der Waals surface area contributed by atoms with E-state index in [9.17, 15) is 9.59 Å².